The number of hydrogen-bond acceptors (Lipinski definition) is 2. The van der Waals surface area contributed by atoms with Gasteiger partial charge in [0.25, 0.3) is 0 Å². The summed E-state index contributed by atoms with van der Waals surface area (Å²) in [7, 11) is 0. The molecule has 0 spiro atoms. The number of ether oxygens (including phenoxy) is 1. The fraction of sp³-hybridized carbons (Fsp3) is 1.00. The van der Waals surface area contributed by atoms with Gasteiger partial charge in [-0.15, -0.1) is 0 Å². The van der Waals surface area contributed by atoms with Gasteiger partial charge in [-0.2, -0.15) is 0 Å². The van der Waals surface area contributed by atoms with Crippen LogP contribution in [0.25, 0.3) is 0 Å². The van der Waals surface area contributed by atoms with Crippen molar-refractivity contribution in [2.45, 2.75) is 25.4 Å². The summed E-state index contributed by atoms with van der Waals surface area (Å²) >= 11 is 0. The molecule has 0 unspecified atom stereocenters. The van der Waals surface area contributed by atoms with Gasteiger partial charge in [0.2, 0.25) is 0 Å². The number of nitrogens with one attached hydrogen (secondary N) is 1. The zero-order valence-electron chi connectivity index (χ0n) is 6.31. The Kier molecular flexibility index (Phi) is 1.91. The van der Waals surface area contributed by atoms with E-state index in [-0.39, 0.29) is 0 Å². The molecule has 2 fully saturated rings. The minimum Gasteiger partial charge on any atom is -0.373 e. The van der Waals surface area contributed by atoms with E-state index in [1.165, 1.54) is 32.4 Å². The van der Waals surface area contributed by atoms with Gasteiger partial charge in [0.15, 0.2) is 0 Å². The Labute approximate surface area is 61.9 Å². The summed E-state index contributed by atoms with van der Waals surface area (Å²) in [5.41, 5.74) is 0. The minimum atomic E-state index is 0.642. The fourth-order valence-corrected chi connectivity index (χ4v) is 1.69. The second-order valence-electron chi connectivity index (χ2n) is 3.38. The van der Waals surface area contributed by atoms with Crippen molar-refractivity contribution in [2.75, 3.05) is 19.7 Å². The maximum Gasteiger partial charge on any atom is 0.0812 e. The van der Waals surface area contributed by atoms with E-state index >= 15 is 0 Å². The smallest absolute Gasteiger partial charge is 0.0812 e. The van der Waals surface area contributed by atoms with E-state index < -0.39 is 0 Å². The van der Waals surface area contributed by atoms with Crippen molar-refractivity contribution in [1.29, 1.82) is 0 Å². The van der Waals surface area contributed by atoms with Crippen LogP contribution in [0.4, 0.5) is 0 Å². The zero-order valence-corrected chi connectivity index (χ0v) is 6.31. The van der Waals surface area contributed by atoms with Gasteiger partial charge in [0, 0.05) is 0 Å². The molecule has 0 aromatic heterocycles. The van der Waals surface area contributed by atoms with Gasteiger partial charge in [0.1, 0.15) is 0 Å². The van der Waals surface area contributed by atoms with E-state index in [4.69, 9.17) is 4.74 Å². The van der Waals surface area contributed by atoms with Crippen molar-refractivity contribution >= 4 is 0 Å². The van der Waals surface area contributed by atoms with Crippen LogP contribution in [0.1, 0.15) is 19.3 Å². The second-order valence-corrected chi connectivity index (χ2v) is 3.38. The topological polar surface area (TPSA) is 24.6 Å². The summed E-state index contributed by atoms with van der Waals surface area (Å²) in [5, 5.41) is 3.37. The highest BCUT2D eigenvalue weighted by Crippen LogP contribution is 2.24. The number of hydrogen-bond donors (Lipinski definition) is 1. The van der Waals surface area contributed by atoms with Crippen molar-refractivity contribution in [2.24, 2.45) is 5.92 Å². The van der Waals surface area contributed by atoms with Crippen LogP contribution in [0, 0.1) is 5.92 Å². The first-order chi connectivity index (χ1) is 4.95. The molecule has 1 atom stereocenters. The highest BCUT2D eigenvalue weighted by Gasteiger charge is 2.26. The zero-order chi connectivity index (χ0) is 6.81. The summed E-state index contributed by atoms with van der Waals surface area (Å²) in [4.78, 5) is 0. The fourth-order valence-electron chi connectivity index (χ4n) is 1.69. The maximum absolute atomic E-state index is 5.19. The van der Waals surface area contributed by atoms with Gasteiger partial charge in [-0.1, -0.05) is 0 Å². The molecule has 2 saturated heterocycles. The molecule has 0 aromatic rings. The first-order valence-electron chi connectivity index (χ1n) is 4.27. The molecule has 0 aliphatic carbocycles. The van der Waals surface area contributed by atoms with Crippen LogP contribution in [0.2, 0.25) is 0 Å². The van der Waals surface area contributed by atoms with Crippen molar-refractivity contribution in [1.82, 2.24) is 5.32 Å². The highest BCUT2D eigenvalue weighted by molar-refractivity contribution is 4.77. The molecular weight excluding hydrogens is 126 g/mol. The molecule has 0 radical (unpaired) electrons. The van der Waals surface area contributed by atoms with E-state index in [0.717, 1.165) is 12.5 Å². The first-order valence-corrected chi connectivity index (χ1v) is 4.27. The Bertz CT molecular complexity index is 106. The molecule has 2 nitrogen and oxygen atoms in total. The van der Waals surface area contributed by atoms with Crippen molar-refractivity contribution < 1.29 is 4.74 Å². The van der Waals surface area contributed by atoms with Gasteiger partial charge in [-0.05, 0) is 38.3 Å². The largest absolute Gasteiger partial charge is 0.373 e. The van der Waals surface area contributed by atoms with Gasteiger partial charge in [0.05, 0.1) is 12.7 Å². The van der Waals surface area contributed by atoms with Crippen molar-refractivity contribution in [3.8, 4) is 0 Å². The number of rotatable bonds is 2. The molecule has 1 N–H and O–H groups in total. The molecule has 0 amide bonds. The van der Waals surface area contributed by atoms with Crippen LogP contribution in [-0.4, -0.2) is 25.8 Å². The first kappa shape index (κ1) is 6.62. The van der Waals surface area contributed by atoms with E-state index in [0.29, 0.717) is 6.10 Å². The van der Waals surface area contributed by atoms with Crippen LogP contribution in [0.15, 0.2) is 0 Å². The van der Waals surface area contributed by atoms with Gasteiger partial charge >= 0.3 is 0 Å². The molecule has 2 aliphatic heterocycles. The van der Waals surface area contributed by atoms with Crippen LogP contribution in [-0.2, 0) is 4.74 Å². The molecule has 2 heteroatoms. The third-order valence-corrected chi connectivity index (χ3v) is 2.46. The Hall–Kier alpha value is -0.0800. The van der Waals surface area contributed by atoms with Crippen LogP contribution in [0.3, 0.4) is 0 Å². The standard InChI is InChI=1S/C8H15NO/c1-3-9-4-2-7(1)5-8-6-10-8/h7-9H,1-6H2/t8-/m0/s1. The quantitative estimate of drug-likeness (QED) is 0.575. The third kappa shape index (κ3) is 1.70. The van der Waals surface area contributed by atoms with E-state index in [2.05, 4.69) is 5.32 Å². The molecule has 0 bridgehead atoms. The van der Waals surface area contributed by atoms with Crippen LogP contribution in [0.5, 0.6) is 0 Å². The predicted molar refractivity (Wildman–Crippen MR) is 40.0 cm³/mol. The van der Waals surface area contributed by atoms with Crippen LogP contribution >= 0.6 is 0 Å². The summed E-state index contributed by atoms with van der Waals surface area (Å²) in [6.45, 7) is 3.47. The van der Waals surface area contributed by atoms with E-state index in [1.807, 2.05) is 0 Å². The Balaban J connectivity index is 1.69. The molecule has 2 aliphatic rings. The number of epoxide rings is 1. The second kappa shape index (κ2) is 2.89. The van der Waals surface area contributed by atoms with Gasteiger partial charge in [-0.25, -0.2) is 0 Å². The van der Waals surface area contributed by atoms with Gasteiger partial charge < -0.3 is 10.1 Å². The Morgan fingerprint density at radius 2 is 2.00 bits per heavy atom. The summed E-state index contributed by atoms with van der Waals surface area (Å²) < 4.78 is 5.19. The molecule has 10 heavy (non-hydrogen) atoms. The third-order valence-electron chi connectivity index (χ3n) is 2.46. The SMILES string of the molecule is C1CC(C[C@H]2CO2)CCN1. The summed E-state index contributed by atoms with van der Waals surface area (Å²) in [5.74, 6) is 0.953. The van der Waals surface area contributed by atoms with Crippen LogP contribution < -0.4 is 5.32 Å². The highest BCUT2D eigenvalue weighted by atomic mass is 16.6. The maximum atomic E-state index is 5.19. The lowest BCUT2D eigenvalue weighted by Crippen LogP contribution is -2.28. The van der Waals surface area contributed by atoms with Crippen molar-refractivity contribution in [3.05, 3.63) is 0 Å². The van der Waals surface area contributed by atoms with E-state index in [9.17, 15) is 0 Å². The lowest BCUT2D eigenvalue weighted by atomic mass is 9.93. The Morgan fingerprint density at radius 3 is 2.60 bits per heavy atom. The van der Waals surface area contributed by atoms with Crippen molar-refractivity contribution in [3.63, 3.8) is 0 Å². The lowest BCUT2D eigenvalue weighted by molar-refractivity contribution is 0.302. The molecule has 58 valence electrons. The molecule has 2 heterocycles. The average molecular weight is 141 g/mol. The van der Waals surface area contributed by atoms with E-state index in [1.54, 1.807) is 0 Å². The average Bonchev–Trinajstić information content (AvgIpc) is 2.74. The minimum absolute atomic E-state index is 0.642. The molecule has 0 aromatic carbocycles. The molecule has 0 saturated carbocycles. The lowest BCUT2D eigenvalue weighted by Gasteiger charge is -2.21. The summed E-state index contributed by atoms with van der Waals surface area (Å²) in [6.07, 6.45) is 4.68. The Morgan fingerprint density at radius 1 is 1.30 bits per heavy atom. The predicted octanol–water partition coefficient (Wildman–Crippen LogP) is 0.775. The monoisotopic (exact) mass is 141 g/mol. The molecule has 2 rings (SSSR count). The summed E-state index contributed by atoms with van der Waals surface area (Å²) in [6, 6.07) is 0. The number of piperidine rings is 1. The molecular formula is C8H15NO. The normalized spacial score (nSPS) is 34.2. The van der Waals surface area contributed by atoms with Gasteiger partial charge in [-0.3, -0.25) is 0 Å².